The molecule has 134 valence electrons. The first-order chi connectivity index (χ1) is 11.9. The Labute approximate surface area is 147 Å². The first-order valence-corrected chi connectivity index (χ1v) is 8.45. The van der Waals surface area contributed by atoms with Gasteiger partial charge in [-0.2, -0.15) is 5.10 Å². The summed E-state index contributed by atoms with van der Waals surface area (Å²) in [6.45, 7) is 4.14. The second kappa shape index (κ2) is 6.74. The van der Waals surface area contributed by atoms with E-state index in [4.69, 9.17) is 4.42 Å². The number of rotatable bonds is 4. The molecular weight excluding hydrogens is 320 g/mol. The molecule has 2 aromatic rings. The average Bonchev–Trinajstić information content (AvgIpc) is 3.14. The Morgan fingerprint density at radius 3 is 2.76 bits per heavy atom. The molecule has 0 unspecified atom stereocenters. The number of aromatic nitrogens is 2. The number of hydrogen-bond acceptors (Lipinski definition) is 4. The highest BCUT2D eigenvalue weighted by Gasteiger charge is 2.35. The standard InChI is InChI=1S/C18H24N4O3/c1-11-10-25-12(2)16(11)18(24)19-7-13-5-6-15(23)22(4)17(13)14-8-20-21(3)9-14/h8-10,13,17H,5-7H2,1-4H3,(H,19,24)/t13-,17+/m1/s1. The number of nitrogens with zero attached hydrogens (tertiary/aromatic N) is 3. The monoisotopic (exact) mass is 344 g/mol. The lowest BCUT2D eigenvalue weighted by Crippen LogP contribution is -2.44. The fraction of sp³-hybridized carbons (Fsp3) is 0.500. The van der Waals surface area contributed by atoms with E-state index in [1.165, 1.54) is 0 Å². The molecule has 1 aliphatic rings. The van der Waals surface area contributed by atoms with E-state index in [2.05, 4.69) is 10.4 Å². The molecule has 1 aliphatic heterocycles. The SMILES string of the molecule is Cc1coc(C)c1C(=O)NC[C@H]1CCC(=O)N(C)[C@@H]1c1cnn(C)c1. The molecule has 0 spiro atoms. The van der Waals surface area contributed by atoms with Crippen molar-refractivity contribution in [3.05, 3.63) is 41.1 Å². The normalized spacial score (nSPS) is 20.8. The topological polar surface area (TPSA) is 80.4 Å². The van der Waals surface area contributed by atoms with Gasteiger partial charge in [0.1, 0.15) is 5.76 Å². The molecule has 0 radical (unpaired) electrons. The van der Waals surface area contributed by atoms with Crippen molar-refractivity contribution in [3.63, 3.8) is 0 Å². The summed E-state index contributed by atoms with van der Waals surface area (Å²) in [7, 11) is 3.67. The second-order valence-electron chi connectivity index (χ2n) is 6.76. The van der Waals surface area contributed by atoms with Gasteiger partial charge < -0.3 is 14.6 Å². The Kier molecular flexibility index (Phi) is 4.65. The van der Waals surface area contributed by atoms with Crippen LogP contribution in [0.5, 0.6) is 0 Å². The number of nitrogens with one attached hydrogen (secondary N) is 1. The summed E-state index contributed by atoms with van der Waals surface area (Å²) >= 11 is 0. The minimum absolute atomic E-state index is 0.0817. The van der Waals surface area contributed by atoms with Gasteiger partial charge >= 0.3 is 0 Å². The number of carbonyl (C=O) groups excluding carboxylic acids is 2. The molecule has 2 amide bonds. The van der Waals surface area contributed by atoms with Crippen molar-refractivity contribution in [2.45, 2.75) is 32.7 Å². The number of hydrogen-bond donors (Lipinski definition) is 1. The number of carbonyl (C=O) groups is 2. The second-order valence-corrected chi connectivity index (χ2v) is 6.76. The number of furan rings is 1. The van der Waals surface area contributed by atoms with E-state index in [-0.39, 0.29) is 23.8 Å². The fourth-order valence-electron chi connectivity index (χ4n) is 3.64. The molecule has 2 atom stereocenters. The lowest BCUT2D eigenvalue weighted by Gasteiger charge is -2.38. The number of amides is 2. The number of aryl methyl sites for hydroxylation is 3. The van der Waals surface area contributed by atoms with E-state index in [0.717, 1.165) is 17.5 Å². The van der Waals surface area contributed by atoms with Crippen molar-refractivity contribution < 1.29 is 14.0 Å². The van der Waals surface area contributed by atoms with Gasteiger partial charge in [-0.15, -0.1) is 0 Å². The number of piperidine rings is 1. The van der Waals surface area contributed by atoms with Crippen molar-refractivity contribution >= 4 is 11.8 Å². The molecule has 2 aromatic heterocycles. The van der Waals surface area contributed by atoms with Crippen molar-refractivity contribution in [1.29, 1.82) is 0 Å². The first kappa shape index (κ1) is 17.3. The highest BCUT2D eigenvalue weighted by molar-refractivity contribution is 5.96. The molecule has 0 saturated carbocycles. The van der Waals surface area contributed by atoms with E-state index in [1.54, 1.807) is 29.0 Å². The maximum atomic E-state index is 12.5. The van der Waals surface area contributed by atoms with Gasteiger partial charge in [-0.3, -0.25) is 14.3 Å². The van der Waals surface area contributed by atoms with Gasteiger partial charge in [0.2, 0.25) is 5.91 Å². The largest absolute Gasteiger partial charge is 0.469 e. The smallest absolute Gasteiger partial charge is 0.255 e. The maximum absolute atomic E-state index is 12.5. The van der Waals surface area contributed by atoms with Crippen LogP contribution in [0.2, 0.25) is 0 Å². The highest BCUT2D eigenvalue weighted by atomic mass is 16.3. The van der Waals surface area contributed by atoms with Crippen LogP contribution < -0.4 is 5.32 Å². The first-order valence-electron chi connectivity index (χ1n) is 8.45. The van der Waals surface area contributed by atoms with Gasteiger partial charge in [0.25, 0.3) is 5.91 Å². The zero-order chi connectivity index (χ0) is 18.1. The third-order valence-corrected chi connectivity index (χ3v) is 4.96. The molecule has 3 heterocycles. The molecule has 1 fully saturated rings. The van der Waals surface area contributed by atoms with Crippen LogP contribution in [0, 0.1) is 19.8 Å². The minimum Gasteiger partial charge on any atom is -0.469 e. The summed E-state index contributed by atoms with van der Waals surface area (Å²) in [4.78, 5) is 26.4. The Balaban J connectivity index is 1.75. The Morgan fingerprint density at radius 2 is 2.16 bits per heavy atom. The predicted molar refractivity (Wildman–Crippen MR) is 92.0 cm³/mol. The fourth-order valence-corrected chi connectivity index (χ4v) is 3.64. The summed E-state index contributed by atoms with van der Waals surface area (Å²) in [6, 6.07) is -0.0817. The van der Waals surface area contributed by atoms with E-state index in [9.17, 15) is 9.59 Å². The van der Waals surface area contributed by atoms with E-state index >= 15 is 0 Å². The minimum atomic E-state index is -0.131. The quantitative estimate of drug-likeness (QED) is 0.919. The summed E-state index contributed by atoms with van der Waals surface area (Å²) < 4.78 is 7.04. The van der Waals surface area contributed by atoms with Gasteiger partial charge in [0.05, 0.1) is 24.1 Å². The molecule has 1 saturated heterocycles. The van der Waals surface area contributed by atoms with Crippen LogP contribution in [0.25, 0.3) is 0 Å². The summed E-state index contributed by atoms with van der Waals surface area (Å²) in [6.07, 6.45) is 6.55. The molecule has 0 aliphatic carbocycles. The van der Waals surface area contributed by atoms with Crippen molar-refractivity contribution in [2.75, 3.05) is 13.6 Å². The Morgan fingerprint density at radius 1 is 1.40 bits per heavy atom. The van der Waals surface area contributed by atoms with Crippen LogP contribution in [0.4, 0.5) is 0 Å². The van der Waals surface area contributed by atoms with Crippen LogP contribution in [0.1, 0.15) is 46.1 Å². The van der Waals surface area contributed by atoms with Crippen LogP contribution in [0.3, 0.4) is 0 Å². The van der Waals surface area contributed by atoms with Crippen LogP contribution >= 0.6 is 0 Å². The zero-order valence-electron chi connectivity index (χ0n) is 15.1. The molecule has 1 N–H and O–H groups in total. The van der Waals surface area contributed by atoms with Crippen LogP contribution in [-0.4, -0.2) is 40.1 Å². The van der Waals surface area contributed by atoms with Crippen LogP contribution in [0.15, 0.2) is 23.1 Å². The van der Waals surface area contributed by atoms with E-state index < -0.39 is 0 Å². The molecule has 7 heteroatoms. The third-order valence-electron chi connectivity index (χ3n) is 4.96. The van der Waals surface area contributed by atoms with Gasteiger partial charge in [-0.05, 0) is 20.3 Å². The van der Waals surface area contributed by atoms with Gasteiger partial charge in [0, 0.05) is 50.3 Å². The molecule has 3 rings (SSSR count). The van der Waals surface area contributed by atoms with Crippen molar-refractivity contribution in [3.8, 4) is 0 Å². The number of likely N-dealkylation sites (tertiary alicyclic amines) is 1. The Hall–Kier alpha value is -2.57. The van der Waals surface area contributed by atoms with Crippen LogP contribution in [-0.2, 0) is 11.8 Å². The van der Waals surface area contributed by atoms with Gasteiger partial charge in [-0.1, -0.05) is 0 Å². The molecule has 0 bridgehead atoms. The average molecular weight is 344 g/mol. The van der Waals surface area contributed by atoms with Crippen molar-refractivity contribution in [1.82, 2.24) is 20.0 Å². The molecule has 0 aromatic carbocycles. The van der Waals surface area contributed by atoms with Gasteiger partial charge in [0.15, 0.2) is 0 Å². The van der Waals surface area contributed by atoms with Gasteiger partial charge in [-0.25, -0.2) is 0 Å². The summed E-state index contributed by atoms with van der Waals surface area (Å²) in [5, 5.41) is 7.24. The highest BCUT2D eigenvalue weighted by Crippen LogP contribution is 2.35. The molecule has 25 heavy (non-hydrogen) atoms. The zero-order valence-corrected chi connectivity index (χ0v) is 15.1. The van der Waals surface area contributed by atoms with E-state index in [1.807, 2.05) is 27.2 Å². The lowest BCUT2D eigenvalue weighted by molar-refractivity contribution is -0.136. The summed E-state index contributed by atoms with van der Waals surface area (Å²) in [5.74, 6) is 0.754. The van der Waals surface area contributed by atoms with Crippen molar-refractivity contribution in [2.24, 2.45) is 13.0 Å². The molecule has 7 nitrogen and oxygen atoms in total. The maximum Gasteiger partial charge on any atom is 0.255 e. The Bertz CT molecular complexity index is 773. The molecular formula is C18H24N4O3. The third kappa shape index (κ3) is 3.31. The van der Waals surface area contributed by atoms with E-state index in [0.29, 0.717) is 24.3 Å². The summed E-state index contributed by atoms with van der Waals surface area (Å²) in [5.41, 5.74) is 2.42. The lowest BCUT2D eigenvalue weighted by atomic mass is 9.85. The predicted octanol–water partition coefficient (Wildman–Crippen LogP) is 1.97.